The molecule has 2 aliphatic rings. The quantitative estimate of drug-likeness (QED) is 0.394. The molecule has 1 amide bonds. The lowest BCUT2D eigenvalue weighted by Gasteiger charge is -2.28. The van der Waals surface area contributed by atoms with Gasteiger partial charge >= 0.3 is 0 Å². The summed E-state index contributed by atoms with van der Waals surface area (Å²) in [4.78, 5) is 15.7. The summed E-state index contributed by atoms with van der Waals surface area (Å²) in [7, 11) is 0. The molecule has 1 fully saturated rings. The van der Waals surface area contributed by atoms with E-state index in [0.29, 0.717) is 10.8 Å². The summed E-state index contributed by atoms with van der Waals surface area (Å²) >= 11 is 9.51. The minimum atomic E-state index is -0.131. The molecule has 1 saturated carbocycles. The largest absolute Gasteiger partial charge is 0.484 e. The Morgan fingerprint density at radius 3 is 2.84 bits per heavy atom. The molecule has 0 bridgehead atoms. The molecule has 2 atom stereocenters. The highest BCUT2D eigenvalue weighted by Gasteiger charge is 2.44. The number of nitrogens with zero attached hydrogens (tertiary/aromatic N) is 2. The lowest BCUT2D eigenvalue weighted by atomic mass is 9.79. The van der Waals surface area contributed by atoms with Crippen LogP contribution >= 0.6 is 34.3 Å². The van der Waals surface area contributed by atoms with E-state index in [9.17, 15) is 4.79 Å². The number of carbonyl (C=O) groups excluding carboxylic acids is 1. The van der Waals surface area contributed by atoms with Gasteiger partial charge in [0.1, 0.15) is 5.75 Å². The Balaban J connectivity index is 1.42. The van der Waals surface area contributed by atoms with Crippen LogP contribution in [0, 0.1) is 12.8 Å². The molecule has 0 N–H and O–H groups in total. The van der Waals surface area contributed by atoms with Gasteiger partial charge in [0.2, 0.25) is 0 Å². The molecule has 4 nitrogen and oxygen atoms in total. The highest BCUT2D eigenvalue weighted by Crippen LogP contribution is 2.45. The van der Waals surface area contributed by atoms with Gasteiger partial charge in [-0.2, -0.15) is 5.10 Å². The minimum Gasteiger partial charge on any atom is -0.484 e. The van der Waals surface area contributed by atoms with Crippen LogP contribution < -0.4 is 4.74 Å². The number of hydrogen-bond acceptors (Lipinski definition) is 5. The first-order valence-electron chi connectivity index (χ1n) is 10.7. The van der Waals surface area contributed by atoms with Crippen molar-refractivity contribution in [3.8, 4) is 5.75 Å². The lowest BCUT2D eigenvalue weighted by molar-refractivity contribution is -0.135. The number of benzene rings is 1. The molecule has 1 aliphatic heterocycles. The van der Waals surface area contributed by atoms with Crippen molar-refractivity contribution in [2.75, 3.05) is 6.61 Å². The van der Waals surface area contributed by atoms with Crippen molar-refractivity contribution < 1.29 is 9.53 Å². The van der Waals surface area contributed by atoms with Gasteiger partial charge in [0.25, 0.3) is 5.91 Å². The molecule has 7 heteroatoms. The Hall–Kier alpha value is -2.41. The van der Waals surface area contributed by atoms with Crippen molar-refractivity contribution in [2.45, 2.75) is 32.2 Å². The van der Waals surface area contributed by atoms with Crippen molar-refractivity contribution in [1.29, 1.82) is 0 Å². The minimum absolute atomic E-state index is 0.0591. The van der Waals surface area contributed by atoms with E-state index in [1.807, 2.05) is 19.1 Å². The predicted octanol–water partition coefficient (Wildman–Crippen LogP) is 6.97. The number of allylic oxidation sites excluding steroid dienone is 1. The third kappa shape index (κ3) is 4.27. The molecular formula is C25H23ClN2O2S2. The van der Waals surface area contributed by atoms with Gasteiger partial charge in [-0.25, -0.2) is 5.01 Å². The molecule has 3 heterocycles. The van der Waals surface area contributed by atoms with Gasteiger partial charge in [0.05, 0.1) is 11.8 Å². The molecule has 0 spiro atoms. The van der Waals surface area contributed by atoms with E-state index in [0.717, 1.165) is 30.5 Å². The van der Waals surface area contributed by atoms with Gasteiger partial charge in [0, 0.05) is 20.7 Å². The summed E-state index contributed by atoms with van der Waals surface area (Å²) in [6.45, 7) is 1.86. The van der Waals surface area contributed by atoms with Crippen LogP contribution in [-0.4, -0.2) is 23.2 Å². The summed E-state index contributed by atoms with van der Waals surface area (Å²) in [6, 6.07) is 13.7. The maximum Gasteiger partial charge on any atom is 0.281 e. The first kappa shape index (κ1) is 21.4. The molecule has 5 rings (SSSR count). The summed E-state index contributed by atoms with van der Waals surface area (Å²) < 4.78 is 5.82. The second-order valence-corrected chi connectivity index (χ2v) is 10.4. The first-order chi connectivity index (χ1) is 15.6. The summed E-state index contributed by atoms with van der Waals surface area (Å²) in [5, 5.41) is 11.4. The van der Waals surface area contributed by atoms with E-state index in [-0.39, 0.29) is 24.5 Å². The van der Waals surface area contributed by atoms with Crippen LogP contribution in [0.1, 0.15) is 40.6 Å². The molecule has 0 radical (unpaired) electrons. The van der Waals surface area contributed by atoms with E-state index in [1.165, 1.54) is 15.3 Å². The second kappa shape index (κ2) is 9.22. The third-order valence-electron chi connectivity index (χ3n) is 5.94. The van der Waals surface area contributed by atoms with Gasteiger partial charge in [-0.1, -0.05) is 23.7 Å². The van der Waals surface area contributed by atoms with Crippen LogP contribution in [0.2, 0.25) is 5.02 Å². The maximum atomic E-state index is 13.3. The molecule has 164 valence electrons. The molecule has 3 aromatic rings. The van der Waals surface area contributed by atoms with E-state index in [2.05, 4.69) is 35.0 Å². The monoisotopic (exact) mass is 482 g/mol. The number of hydrogen-bond donors (Lipinski definition) is 0. The van der Waals surface area contributed by atoms with Gasteiger partial charge in [0.15, 0.2) is 6.61 Å². The number of aryl methyl sites for hydroxylation is 1. The van der Waals surface area contributed by atoms with E-state index < -0.39 is 0 Å². The van der Waals surface area contributed by atoms with Crippen molar-refractivity contribution in [2.24, 2.45) is 11.0 Å². The summed E-state index contributed by atoms with van der Waals surface area (Å²) in [5.74, 6) is 0.721. The zero-order chi connectivity index (χ0) is 22.1. The van der Waals surface area contributed by atoms with E-state index in [1.54, 1.807) is 39.8 Å². The Morgan fingerprint density at radius 2 is 2.09 bits per heavy atom. The highest BCUT2D eigenvalue weighted by atomic mass is 35.5. The van der Waals surface area contributed by atoms with Crippen molar-refractivity contribution in [3.63, 3.8) is 0 Å². The molecular weight excluding hydrogens is 460 g/mol. The van der Waals surface area contributed by atoms with E-state index in [4.69, 9.17) is 21.4 Å². The zero-order valence-electron chi connectivity index (χ0n) is 17.7. The molecule has 2 unspecified atom stereocenters. The number of rotatable bonds is 5. The fourth-order valence-corrected chi connectivity index (χ4v) is 6.08. The third-order valence-corrected chi connectivity index (χ3v) is 8.13. The average molecular weight is 483 g/mol. The Kier molecular flexibility index (Phi) is 6.17. The van der Waals surface area contributed by atoms with Crippen LogP contribution in [0.25, 0.3) is 6.08 Å². The van der Waals surface area contributed by atoms with Gasteiger partial charge < -0.3 is 4.74 Å². The number of amides is 1. The summed E-state index contributed by atoms with van der Waals surface area (Å²) in [6.07, 6.45) is 5.37. The van der Waals surface area contributed by atoms with Crippen LogP contribution in [0.15, 0.2) is 63.9 Å². The van der Waals surface area contributed by atoms with Gasteiger partial charge in [-0.05, 0) is 84.5 Å². The topological polar surface area (TPSA) is 41.9 Å². The van der Waals surface area contributed by atoms with E-state index >= 15 is 0 Å². The van der Waals surface area contributed by atoms with Crippen LogP contribution in [-0.2, 0) is 4.79 Å². The predicted molar refractivity (Wildman–Crippen MR) is 133 cm³/mol. The number of fused-ring (bicyclic) bond motifs is 1. The number of ether oxygens (including phenoxy) is 1. The zero-order valence-corrected chi connectivity index (χ0v) is 20.1. The highest BCUT2D eigenvalue weighted by molar-refractivity contribution is 7.11. The Bertz CT molecular complexity index is 1170. The number of carbonyl (C=O) groups is 1. The second-order valence-electron chi connectivity index (χ2n) is 8.07. The first-order valence-corrected chi connectivity index (χ1v) is 12.8. The maximum absolute atomic E-state index is 13.3. The van der Waals surface area contributed by atoms with Crippen LogP contribution in [0.4, 0.5) is 0 Å². The fourth-order valence-electron chi connectivity index (χ4n) is 4.41. The Labute approximate surface area is 200 Å². The number of halogens is 1. The summed E-state index contributed by atoms with van der Waals surface area (Å²) in [5.41, 5.74) is 3.22. The van der Waals surface area contributed by atoms with Crippen molar-refractivity contribution in [1.82, 2.24) is 5.01 Å². The Morgan fingerprint density at radius 1 is 1.25 bits per heavy atom. The number of hydrazone groups is 1. The van der Waals surface area contributed by atoms with Crippen molar-refractivity contribution >= 4 is 52.0 Å². The van der Waals surface area contributed by atoms with Crippen LogP contribution in [0.3, 0.4) is 0 Å². The fraction of sp³-hybridized carbons (Fsp3) is 0.280. The number of thiophene rings is 2. The molecule has 2 aromatic heterocycles. The standard InChI is InChI=1S/C25H23ClN2O2S2/c1-16-13-18(9-10-21(16)26)30-15-23(29)28-25(22-8-4-12-32-22)20-7-2-5-17(24(20)27-28)14-19-6-3-11-31-19/h3-4,6,8-14,20,25H,2,5,7,15H2,1H3. The SMILES string of the molecule is Cc1cc(OCC(=O)N2N=C3C(=Cc4cccs4)CCCC3C2c2cccs2)ccc1Cl. The van der Waals surface area contributed by atoms with Crippen molar-refractivity contribution in [3.05, 3.63) is 79.1 Å². The normalized spacial score (nSPS) is 21.5. The van der Waals surface area contributed by atoms with Gasteiger partial charge in [-0.15, -0.1) is 22.7 Å². The van der Waals surface area contributed by atoms with Crippen LogP contribution in [0.5, 0.6) is 5.75 Å². The lowest BCUT2D eigenvalue weighted by Crippen LogP contribution is -2.34. The molecule has 1 aliphatic carbocycles. The van der Waals surface area contributed by atoms with Gasteiger partial charge in [-0.3, -0.25) is 4.79 Å². The molecule has 0 saturated heterocycles. The smallest absolute Gasteiger partial charge is 0.281 e. The average Bonchev–Trinajstić information content (AvgIpc) is 3.55. The molecule has 32 heavy (non-hydrogen) atoms. The molecule has 1 aromatic carbocycles.